The number of hydrazone groups is 1. The summed E-state index contributed by atoms with van der Waals surface area (Å²) in [7, 11) is 1.11. The lowest BCUT2D eigenvalue weighted by Crippen LogP contribution is -2.50. The smallest absolute Gasteiger partial charge is 0.416 e. The van der Waals surface area contributed by atoms with Gasteiger partial charge in [0, 0.05) is 11.9 Å². The van der Waals surface area contributed by atoms with Crippen LogP contribution in [0.15, 0.2) is 52.6 Å². The van der Waals surface area contributed by atoms with Gasteiger partial charge >= 0.3 is 18.1 Å². The molecule has 15 heteroatoms. The molecule has 198 valence electrons. The van der Waals surface area contributed by atoms with Crippen molar-refractivity contribution in [2.75, 3.05) is 23.1 Å². The number of hydrogen-bond acceptors (Lipinski definition) is 9. The van der Waals surface area contributed by atoms with Crippen molar-refractivity contribution >= 4 is 58.3 Å². The molecule has 0 saturated carbocycles. The van der Waals surface area contributed by atoms with Crippen LogP contribution in [-0.2, 0) is 20.5 Å². The van der Waals surface area contributed by atoms with Crippen LogP contribution in [0.25, 0.3) is 0 Å². The number of carbonyl (C=O) groups excluding carboxylic acids is 3. The van der Waals surface area contributed by atoms with E-state index in [0.717, 1.165) is 54.1 Å². The Labute approximate surface area is 216 Å². The van der Waals surface area contributed by atoms with E-state index in [1.165, 1.54) is 18.3 Å². The fourth-order valence-corrected chi connectivity index (χ4v) is 4.48. The Kier molecular flexibility index (Phi) is 7.39. The minimum atomic E-state index is -4.65. The molecule has 38 heavy (non-hydrogen) atoms. The number of amides is 2. The van der Waals surface area contributed by atoms with Crippen LogP contribution in [0.5, 0.6) is 0 Å². The summed E-state index contributed by atoms with van der Waals surface area (Å²) in [6, 6.07) is 7.59. The molecule has 4 rings (SSSR count). The Morgan fingerprint density at radius 1 is 1.18 bits per heavy atom. The number of carbonyl (C=O) groups is 4. The normalized spacial score (nSPS) is 18.4. The number of benzene rings is 2. The number of nitrogens with zero attached hydrogens (tertiary/aromatic N) is 3. The van der Waals surface area contributed by atoms with E-state index in [2.05, 4.69) is 25.6 Å². The molecule has 2 amide bonds. The Balaban J connectivity index is 1.56. The molecular formula is C23H18F3N5O6S. The van der Waals surface area contributed by atoms with Crippen molar-refractivity contribution in [1.29, 1.82) is 0 Å². The van der Waals surface area contributed by atoms with Gasteiger partial charge in [-0.25, -0.2) is 14.6 Å². The molecule has 11 nitrogen and oxygen atoms in total. The Hall–Kier alpha value is -4.40. The summed E-state index contributed by atoms with van der Waals surface area (Å²) in [6.07, 6.45) is -4.13. The molecular weight excluding hydrogens is 531 g/mol. The first kappa shape index (κ1) is 26.7. The maximum Gasteiger partial charge on any atom is 0.416 e. The summed E-state index contributed by atoms with van der Waals surface area (Å²) < 4.78 is 44.5. The van der Waals surface area contributed by atoms with Crippen LogP contribution in [0.3, 0.4) is 0 Å². The van der Waals surface area contributed by atoms with Crippen molar-refractivity contribution in [2.45, 2.75) is 12.3 Å². The number of esters is 1. The van der Waals surface area contributed by atoms with Crippen molar-refractivity contribution in [1.82, 2.24) is 5.43 Å². The summed E-state index contributed by atoms with van der Waals surface area (Å²) in [6.45, 7) is 0. The summed E-state index contributed by atoms with van der Waals surface area (Å²) in [5, 5.41) is 15.5. The fraction of sp³-hybridized carbons (Fsp3) is 0.217. The molecule has 0 radical (unpaired) electrons. The minimum absolute atomic E-state index is 0.00165. The third-order valence-electron chi connectivity index (χ3n) is 5.38. The molecule has 2 heterocycles. The number of rotatable bonds is 6. The van der Waals surface area contributed by atoms with Crippen molar-refractivity contribution in [2.24, 2.45) is 16.0 Å². The van der Waals surface area contributed by atoms with E-state index in [4.69, 9.17) is 0 Å². The summed E-state index contributed by atoms with van der Waals surface area (Å²) in [4.78, 5) is 54.5. The molecule has 2 aliphatic rings. The molecule has 2 atom stereocenters. The van der Waals surface area contributed by atoms with E-state index >= 15 is 0 Å². The predicted molar refractivity (Wildman–Crippen MR) is 131 cm³/mol. The van der Waals surface area contributed by atoms with Crippen LogP contribution in [0.2, 0.25) is 0 Å². The molecule has 0 aromatic heterocycles. The number of ether oxygens (including phenoxy) is 1. The van der Waals surface area contributed by atoms with E-state index in [1.54, 1.807) is 0 Å². The molecule has 2 aliphatic heterocycles. The second-order valence-electron chi connectivity index (χ2n) is 7.94. The third-order valence-corrected chi connectivity index (χ3v) is 6.33. The van der Waals surface area contributed by atoms with Gasteiger partial charge in [0.15, 0.2) is 11.3 Å². The molecule has 0 aliphatic carbocycles. The number of nitrogens with one attached hydrogen (secondary N) is 2. The zero-order valence-corrected chi connectivity index (χ0v) is 20.2. The monoisotopic (exact) mass is 549 g/mol. The summed E-state index contributed by atoms with van der Waals surface area (Å²) >= 11 is 0.778. The van der Waals surface area contributed by atoms with Gasteiger partial charge in [-0.3, -0.25) is 19.9 Å². The standard InChI is InChI=1S/C23H18F3N5O6S/c1-37-21(36)12-5-11(20(34)35)6-14(7-12)28-17(32)10-38-22-29-18-16(9-27-30-18)19(33)31(22)15-4-2-3-13(8-15)23(24,25)26/h2-9,16,18,30H,10H2,1H3,(H,28,32)(H,34,35). The van der Waals surface area contributed by atoms with Gasteiger partial charge in [-0.2, -0.15) is 18.3 Å². The summed E-state index contributed by atoms with van der Waals surface area (Å²) in [5.41, 5.74) is 1.20. The van der Waals surface area contributed by atoms with Gasteiger partial charge in [-0.15, -0.1) is 0 Å². The number of carboxylic acid groups (broad SMARTS) is 1. The topological polar surface area (TPSA) is 150 Å². The highest BCUT2D eigenvalue weighted by Crippen LogP contribution is 2.34. The van der Waals surface area contributed by atoms with Crippen LogP contribution in [0, 0.1) is 5.92 Å². The molecule has 0 fully saturated rings. The van der Waals surface area contributed by atoms with Crippen LogP contribution in [0.4, 0.5) is 24.5 Å². The zero-order chi connectivity index (χ0) is 27.6. The number of aromatic carboxylic acids is 1. The highest BCUT2D eigenvalue weighted by molar-refractivity contribution is 8.14. The maximum atomic E-state index is 13.3. The Bertz CT molecular complexity index is 1380. The summed E-state index contributed by atoms with van der Waals surface area (Å²) in [5.74, 6) is -4.61. The molecule has 2 aromatic rings. The lowest BCUT2D eigenvalue weighted by molar-refractivity contribution is -0.137. The Morgan fingerprint density at radius 3 is 2.61 bits per heavy atom. The van der Waals surface area contributed by atoms with E-state index in [9.17, 15) is 37.5 Å². The van der Waals surface area contributed by atoms with Gasteiger partial charge in [0.05, 0.1) is 35.2 Å². The van der Waals surface area contributed by atoms with Gasteiger partial charge in [0.1, 0.15) is 5.92 Å². The van der Waals surface area contributed by atoms with Crippen LogP contribution < -0.4 is 15.6 Å². The van der Waals surface area contributed by atoms with Crippen LogP contribution in [0.1, 0.15) is 26.3 Å². The van der Waals surface area contributed by atoms with Gasteiger partial charge in [0.25, 0.3) is 0 Å². The van der Waals surface area contributed by atoms with Crippen molar-refractivity contribution in [3.05, 3.63) is 59.2 Å². The second kappa shape index (κ2) is 10.5. The predicted octanol–water partition coefficient (Wildman–Crippen LogP) is 2.80. The van der Waals surface area contributed by atoms with Crippen molar-refractivity contribution < 1.29 is 42.2 Å². The lowest BCUT2D eigenvalue weighted by Gasteiger charge is -2.32. The number of methoxy groups -OCH3 is 1. The number of anilines is 2. The average Bonchev–Trinajstić information content (AvgIpc) is 3.35. The first-order chi connectivity index (χ1) is 18.0. The number of carboxylic acids is 1. The van der Waals surface area contributed by atoms with Gasteiger partial charge in [-0.05, 0) is 36.4 Å². The molecule has 2 unspecified atom stereocenters. The average molecular weight is 549 g/mol. The lowest BCUT2D eigenvalue weighted by atomic mass is 10.1. The third kappa shape index (κ3) is 5.61. The number of halogens is 3. The minimum Gasteiger partial charge on any atom is -0.478 e. The Morgan fingerprint density at radius 2 is 1.92 bits per heavy atom. The van der Waals surface area contributed by atoms with Crippen molar-refractivity contribution in [3.8, 4) is 0 Å². The number of aliphatic imine (C=N–C) groups is 1. The SMILES string of the molecule is COC(=O)c1cc(NC(=O)CSC2=NC3NN=CC3C(=O)N2c2cccc(C(F)(F)F)c2)cc(C(=O)O)c1. The number of hydrogen-bond donors (Lipinski definition) is 3. The first-order valence-electron chi connectivity index (χ1n) is 10.7. The van der Waals surface area contributed by atoms with E-state index in [-0.39, 0.29) is 33.4 Å². The quantitative estimate of drug-likeness (QED) is 0.466. The van der Waals surface area contributed by atoms with E-state index in [0.29, 0.717) is 0 Å². The first-order valence-corrected chi connectivity index (χ1v) is 11.7. The van der Waals surface area contributed by atoms with Crippen molar-refractivity contribution in [3.63, 3.8) is 0 Å². The fourth-order valence-electron chi connectivity index (χ4n) is 3.64. The molecule has 2 aromatic carbocycles. The van der Waals surface area contributed by atoms with Gasteiger partial charge in [-0.1, -0.05) is 17.8 Å². The molecule has 0 spiro atoms. The number of amidine groups is 1. The van der Waals surface area contributed by atoms with Gasteiger partial charge < -0.3 is 15.2 Å². The highest BCUT2D eigenvalue weighted by Gasteiger charge is 2.42. The number of thioether (sulfide) groups is 1. The zero-order valence-electron chi connectivity index (χ0n) is 19.4. The number of fused-ring (bicyclic) bond motifs is 1. The van der Waals surface area contributed by atoms with Crippen LogP contribution >= 0.6 is 11.8 Å². The maximum absolute atomic E-state index is 13.3. The largest absolute Gasteiger partial charge is 0.478 e. The highest BCUT2D eigenvalue weighted by atomic mass is 32.2. The van der Waals surface area contributed by atoms with Crippen LogP contribution in [-0.4, -0.2) is 59.3 Å². The molecule has 0 bridgehead atoms. The van der Waals surface area contributed by atoms with E-state index < -0.39 is 47.6 Å². The number of alkyl halides is 3. The van der Waals surface area contributed by atoms with Gasteiger partial charge in [0.2, 0.25) is 11.8 Å². The van der Waals surface area contributed by atoms with E-state index in [1.807, 2.05) is 0 Å². The molecule has 0 saturated heterocycles. The molecule has 3 N–H and O–H groups in total. The second-order valence-corrected chi connectivity index (χ2v) is 8.89.